The SMILES string of the molecule is O=S(=O)(/C=C/c1nn(-c2ccc(F)cc2F)c2c1CSCC2Cc1ccc(F)cc1)NN1CCOCC1. The van der Waals surface area contributed by atoms with Crippen molar-refractivity contribution >= 4 is 27.9 Å². The maximum absolute atomic E-state index is 14.9. The zero-order valence-electron chi connectivity index (χ0n) is 19.7. The quantitative estimate of drug-likeness (QED) is 0.480. The second-order valence-corrected chi connectivity index (χ2v) is 11.4. The first-order valence-corrected chi connectivity index (χ1v) is 14.4. The molecule has 0 saturated carbocycles. The van der Waals surface area contributed by atoms with Crippen LogP contribution >= 0.6 is 11.8 Å². The van der Waals surface area contributed by atoms with Gasteiger partial charge in [-0.15, -0.1) is 4.83 Å². The number of hydrogen-bond donors (Lipinski definition) is 1. The number of thioether (sulfide) groups is 1. The van der Waals surface area contributed by atoms with Gasteiger partial charge in [0.05, 0.1) is 24.6 Å². The topological polar surface area (TPSA) is 76.5 Å². The van der Waals surface area contributed by atoms with E-state index in [4.69, 9.17) is 4.74 Å². The molecule has 0 amide bonds. The van der Waals surface area contributed by atoms with E-state index in [-0.39, 0.29) is 17.4 Å². The third-order valence-electron chi connectivity index (χ3n) is 6.21. The van der Waals surface area contributed by atoms with Crippen LogP contribution in [-0.4, -0.2) is 55.3 Å². The van der Waals surface area contributed by atoms with Crippen LogP contribution in [0.3, 0.4) is 0 Å². The molecule has 0 spiro atoms. The van der Waals surface area contributed by atoms with Gasteiger partial charge in [-0.25, -0.2) is 31.3 Å². The monoisotopic (exact) mass is 550 g/mol. The molecule has 3 aromatic rings. The molecular formula is C25H25F3N4O3S2. The second kappa shape index (κ2) is 11.0. The summed E-state index contributed by atoms with van der Waals surface area (Å²) in [6, 6.07) is 9.47. The van der Waals surface area contributed by atoms with Crippen LogP contribution in [0.25, 0.3) is 11.8 Å². The van der Waals surface area contributed by atoms with Gasteiger partial charge in [0, 0.05) is 47.6 Å². The van der Waals surface area contributed by atoms with E-state index in [0.717, 1.165) is 34.4 Å². The van der Waals surface area contributed by atoms with Crippen molar-refractivity contribution < 1.29 is 26.3 Å². The van der Waals surface area contributed by atoms with Crippen molar-refractivity contribution in [3.63, 3.8) is 0 Å². The number of nitrogens with zero attached hydrogens (tertiary/aromatic N) is 3. The summed E-state index contributed by atoms with van der Waals surface area (Å²) in [5, 5.41) is 7.19. The van der Waals surface area contributed by atoms with Crippen LogP contribution < -0.4 is 4.83 Å². The van der Waals surface area contributed by atoms with Gasteiger partial charge in [0.1, 0.15) is 17.3 Å². The average Bonchev–Trinajstić information content (AvgIpc) is 3.24. The third-order valence-corrected chi connectivity index (χ3v) is 8.35. The summed E-state index contributed by atoms with van der Waals surface area (Å²) in [5.41, 5.74) is 2.88. The summed E-state index contributed by atoms with van der Waals surface area (Å²) < 4.78 is 74.0. The highest BCUT2D eigenvalue weighted by molar-refractivity contribution is 7.98. The van der Waals surface area contributed by atoms with Crippen molar-refractivity contribution in [1.29, 1.82) is 0 Å². The van der Waals surface area contributed by atoms with Gasteiger partial charge in [0.15, 0.2) is 5.82 Å². The van der Waals surface area contributed by atoms with Crippen molar-refractivity contribution in [1.82, 2.24) is 19.6 Å². The van der Waals surface area contributed by atoms with E-state index in [1.165, 1.54) is 29.0 Å². The smallest absolute Gasteiger partial charge is 0.246 e. The number of nitrogens with one attached hydrogen (secondary N) is 1. The van der Waals surface area contributed by atoms with Crippen LogP contribution in [0, 0.1) is 17.5 Å². The van der Waals surface area contributed by atoms with E-state index >= 15 is 0 Å². The lowest BCUT2D eigenvalue weighted by molar-refractivity contribution is 0.0274. The van der Waals surface area contributed by atoms with Gasteiger partial charge >= 0.3 is 0 Å². The molecule has 1 N–H and O–H groups in total. The Labute approximate surface area is 217 Å². The molecule has 0 bridgehead atoms. The Morgan fingerprint density at radius 1 is 1.08 bits per heavy atom. The van der Waals surface area contributed by atoms with Gasteiger partial charge in [-0.1, -0.05) is 12.1 Å². The summed E-state index contributed by atoms with van der Waals surface area (Å²) in [4.78, 5) is 2.51. The van der Waals surface area contributed by atoms with Crippen LogP contribution in [0.4, 0.5) is 13.2 Å². The van der Waals surface area contributed by atoms with Crippen LogP contribution in [0.5, 0.6) is 0 Å². The lowest BCUT2D eigenvalue weighted by atomic mass is 9.94. The van der Waals surface area contributed by atoms with E-state index in [9.17, 15) is 21.6 Å². The van der Waals surface area contributed by atoms with Gasteiger partial charge in [0.2, 0.25) is 10.0 Å². The first-order chi connectivity index (χ1) is 17.8. The third kappa shape index (κ3) is 6.10. The Balaban J connectivity index is 1.52. The second-order valence-electron chi connectivity index (χ2n) is 8.84. The molecule has 12 heteroatoms. The molecule has 1 aromatic heterocycles. The highest BCUT2D eigenvalue weighted by Crippen LogP contribution is 2.39. The summed E-state index contributed by atoms with van der Waals surface area (Å²) in [6.07, 6.45) is 1.95. The minimum atomic E-state index is -3.82. The van der Waals surface area contributed by atoms with E-state index in [1.54, 1.807) is 28.9 Å². The maximum atomic E-state index is 14.9. The van der Waals surface area contributed by atoms with Crippen LogP contribution in [-0.2, 0) is 26.9 Å². The van der Waals surface area contributed by atoms with Gasteiger partial charge in [0.25, 0.3) is 0 Å². The van der Waals surface area contributed by atoms with Gasteiger partial charge in [-0.2, -0.15) is 16.9 Å². The standard InChI is InChI=1S/C25H25F3N4O3S2/c26-19-3-1-17(2-4-19)13-18-15-36-16-21-23(7-12-37(33,34)30-31-8-10-35-11-9-31)29-32(25(18)21)24-6-5-20(27)14-22(24)28/h1-7,12,14,18,30H,8-11,13,15-16H2/b12-7+. The van der Waals surface area contributed by atoms with E-state index in [1.807, 2.05) is 0 Å². The fraction of sp³-hybridized carbons (Fsp3) is 0.320. The summed E-state index contributed by atoms with van der Waals surface area (Å²) in [5.74, 6) is -0.669. The van der Waals surface area contributed by atoms with E-state index < -0.39 is 21.7 Å². The number of hydrazine groups is 1. The van der Waals surface area contributed by atoms with E-state index in [0.29, 0.717) is 49.9 Å². The summed E-state index contributed by atoms with van der Waals surface area (Å²) >= 11 is 1.66. The highest BCUT2D eigenvalue weighted by Gasteiger charge is 2.30. The molecule has 196 valence electrons. The van der Waals surface area contributed by atoms with Crippen molar-refractivity contribution in [2.24, 2.45) is 0 Å². The predicted molar refractivity (Wildman–Crippen MR) is 136 cm³/mol. The first kappa shape index (κ1) is 26.0. The molecule has 2 aliphatic heterocycles. The molecule has 5 rings (SSSR count). The van der Waals surface area contributed by atoms with Crippen molar-refractivity contribution in [2.75, 3.05) is 32.1 Å². The van der Waals surface area contributed by atoms with Crippen molar-refractivity contribution in [3.8, 4) is 5.69 Å². The molecule has 1 atom stereocenters. The fourth-order valence-electron chi connectivity index (χ4n) is 4.48. The zero-order chi connectivity index (χ0) is 26.0. The lowest BCUT2D eigenvalue weighted by Crippen LogP contribution is -2.47. The number of aromatic nitrogens is 2. The van der Waals surface area contributed by atoms with Gasteiger partial charge in [-0.05, 0) is 42.3 Å². The van der Waals surface area contributed by atoms with Crippen LogP contribution in [0.15, 0.2) is 47.9 Å². The highest BCUT2D eigenvalue weighted by atomic mass is 32.2. The number of fused-ring (bicyclic) bond motifs is 1. The van der Waals surface area contributed by atoms with Crippen molar-refractivity contribution in [3.05, 3.63) is 87.8 Å². The Bertz CT molecular complexity index is 1410. The molecule has 3 heterocycles. The molecule has 2 aliphatic rings. The molecule has 7 nitrogen and oxygen atoms in total. The minimum absolute atomic E-state index is 0.0719. The predicted octanol–water partition coefficient (Wildman–Crippen LogP) is 4.00. The Morgan fingerprint density at radius 3 is 2.54 bits per heavy atom. The number of morpholine rings is 1. The Hall–Kier alpha value is -2.64. The molecular weight excluding hydrogens is 525 g/mol. The fourth-order valence-corrected chi connectivity index (χ4v) is 6.57. The van der Waals surface area contributed by atoms with Gasteiger partial charge < -0.3 is 4.74 Å². The molecule has 1 saturated heterocycles. The summed E-state index contributed by atoms with van der Waals surface area (Å²) in [7, 11) is -3.82. The Kier molecular flexibility index (Phi) is 7.72. The molecule has 0 aliphatic carbocycles. The number of rotatable bonds is 7. The minimum Gasteiger partial charge on any atom is -0.379 e. The Morgan fingerprint density at radius 2 is 1.81 bits per heavy atom. The van der Waals surface area contributed by atoms with Crippen LogP contribution in [0.2, 0.25) is 0 Å². The first-order valence-electron chi connectivity index (χ1n) is 11.7. The molecule has 2 aromatic carbocycles. The number of hydrogen-bond acceptors (Lipinski definition) is 6. The van der Waals surface area contributed by atoms with Crippen molar-refractivity contribution in [2.45, 2.75) is 18.1 Å². The van der Waals surface area contributed by atoms with Crippen LogP contribution in [0.1, 0.15) is 28.4 Å². The van der Waals surface area contributed by atoms with E-state index in [2.05, 4.69) is 9.93 Å². The maximum Gasteiger partial charge on any atom is 0.246 e. The molecule has 1 fully saturated rings. The number of ether oxygens (including phenoxy) is 1. The van der Waals surface area contributed by atoms with Gasteiger partial charge in [-0.3, -0.25) is 0 Å². The normalized spacial score (nSPS) is 18.8. The molecule has 0 radical (unpaired) electrons. The average molecular weight is 551 g/mol. The summed E-state index contributed by atoms with van der Waals surface area (Å²) in [6.45, 7) is 1.73. The number of sulfonamides is 1. The zero-order valence-corrected chi connectivity index (χ0v) is 21.4. The number of halogens is 3. The lowest BCUT2D eigenvalue weighted by Gasteiger charge is -2.26. The largest absolute Gasteiger partial charge is 0.379 e. The number of benzene rings is 2. The molecule has 37 heavy (non-hydrogen) atoms. The molecule has 1 unspecified atom stereocenters.